The lowest BCUT2D eigenvalue weighted by Crippen LogP contribution is -2.33. The van der Waals surface area contributed by atoms with E-state index in [0.717, 1.165) is 17.7 Å². The van der Waals surface area contributed by atoms with Crippen LogP contribution in [-0.2, 0) is 17.4 Å². The maximum Gasteiger partial charge on any atom is 0.416 e. The summed E-state index contributed by atoms with van der Waals surface area (Å²) < 4.78 is 38.7. The third-order valence-corrected chi connectivity index (χ3v) is 4.30. The number of carbonyl (C=O) groups excluding carboxylic acids is 1. The number of benzene rings is 2. The second-order valence-electron chi connectivity index (χ2n) is 5.96. The average molecular weight is 349 g/mol. The van der Waals surface area contributed by atoms with Crippen molar-refractivity contribution in [3.05, 3.63) is 71.3 Å². The first-order valence-corrected chi connectivity index (χ1v) is 8.33. The van der Waals surface area contributed by atoms with Gasteiger partial charge in [0.05, 0.1) is 11.6 Å². The Balaban J connectivity index is 2.09. The van der Waals surface area contributed by atoms with Gasteiger partial charge in [0.25, 0.3) is 0 Å². The number of amides is 1. The van der Waals surface area contributed by atoms with Crippen molar-refractivity contribution in [2.75, 3.05) is 6.54 Å². The van der Waals surface area contributed by atoms with E-state index in [-0.39, 0.29) is 5.91 Å². The van der Waals surface area contributed by atoms with Crippen LogP contribution in [0.4, 0.5) is 13.2 Å². The van der Waals surface area contributed by atoms with Gasteiger partial charge in [0.2, 0.25) is 5.91 Å². The number of hydrogen-bond acceptors (Lipinski definition) is 1. The summed E-state index contributed by atoms with van der Waals surface area (Å²) in [6, 6.07) is 14.5. The zero-order chi connectivity index (χ0) is 18.4. The van der Waals surface area contributed by atoms with Gasteiger partial charge in [-0.15, -0.1) is 0 Å². The number of rotatable bonds is 6. The van der Waals surface area contributed by atoms with Crippen LogP contribution < -0.4 is 0 Å². The number of hydrogen-bond donors (Lipinski definition) is 0. The van der Waals surface area contributed by atoms with E-state index < -0.39 is 17.8 Å². The van der Waals surface area contributed by atoms with Crippen molar-refractivity contribution in [3.8, 4) is 0 Å². The molecule has 2 rings (SSSR count). The van der Waals surface area contributed by atoms with E-state index in [4.69, 9.17) is 0 Å². The molecule has 1 unspecified atom stereocenters. The van der Waals surface area contributed by atoms with Gasteiger partial charge in [0.1, 0.15) is 0 Å². The maximum absolute atomic E-state index is 12.9. The predicted molar refractivity (Wildman–Crippen MR) is 92.0 cm³/mol. The van der Waals surface area contributed by atoms with E-state index in [2.05, 4.69) is 0 Å². The van der Waals surface area contributed by atoms with Crippen LogP contribution in [0.5, 0.6) is 0 Å². The fourth-order valence-corrected chi connectivity index (χ4v) is 2.86. The molecule has 0 aliphatic carbocycles. The van der Waals surface area contributed by atoms with Gasteiger partial charge in [-0.2, -0.15) is 13.2 Å². The van der Waals surface area contributed by atoms with Gasteiger partial charge in [0, 0.05) is 13.0 Å². The molecule has 0 aliphatic rings. The molecule has 0 aromatic heterocycles. The highest BCUT2D eigenvalue weighted by molar-refractivity contribution is 5.77. The van der Waals surface area contributed by atoms with Gasteiger partial charge in [-0.25, -0.2) is 0 Å². The lowest BCUT2D eigenvalue weighted by Gasteiger charge is -2.29. The molecule has 0 fully saturated rings. The highest BCUT2D eigenvalue weighted by Gasteiger charge is 2.31. The summed E-state index contributed by atoms with van der Waals surface area (Å²) in [7, 11) is 0. The summed E-state index contributed by atoms with van der Waals surface area (Å²) in [6.45, 7) is 4.05. The Morgan fingerprint density at radius 2 is 1.76 bits per heavy atom. The summed E-state index contributed by atoms with van der Waals surface area (Å²) in [4.78, 5) is 14.2. The SMILES string of the molecule is CCN(C(=O)CCc1ccccc1)C(C)c1cccc(C(F)(F)F)c1. The molecule has 0 bridgehead atoms. The second-order valence-corrected chi connectivity index (χ2v) is 5.96. The van der Waals surface area contributed by atoms with Crippen molar-refractivity contribution in [3.63, 3.8) is 0 Å². The Morgan fingerprint density at radius 3 is 2.36 bits per heavy atom. The second kappa shape index (κ2) is 8.19. The standard InChI is InChI=1S/C20H22F3NO/c1-3-24(19(25)13-12-16-8-5-4-6-9-16)15(2)17-10-7-11-18(14-17)20(21,22)23/h4-11,14-15H,3,12-13H2,1-2H3. The predicted octanol–water partition coefficient (Wildman–Crippen LogP) is 5.25. The largest absolute Gasteiger partial charge is 0.416 e. The van der Waals surface area contributed by atoms with E-state index in [1.807, 2.05) is 37.3 Å². The van der Waals surface area contributed by atoms with Crippen molar-refractivity contribution >= 4 is 5.91 Å². The van der Waals surface area contributed by atoms with E-state index in [1.54, 1.807) is 17.9 Å². The number of halogens is 3. The molecular formula is C20H22F3NO. The zero-order valence-electron chi connectivity index (χ0n) is 14.4. The van der Waals surface area contributed by atoms with Gasteiger partial charge >= 0.3 is 6.18 Å². The molecule has 0 heterocycles. The van der Waals surface area contributed by atoms with Crippen LogP contribution in [0.15, 0.2) is 54.6 Å². The summed E-state index contributed by atoms with van der Waals surface area (Å²) in [6.07, 6.45) is -3.43. The van der Waals surface area contributed by atoms with E-state index in [0.29, 0.717) is 24.9 Å². The molecule has 2 aromatic rings. The number of nitrogens with zero attached hydrogens (tertiary/aromatic N) is 1. The minimum Gasteiger partial charge on any atom is -0.336 e. The highest BCUT2D eigenvalue weighted by Crippen LogP contribution is 2.32. The quantitative estimate of drug-likeness (QED) is 0.698. The molecule has 1 amide bonds. The van der Waals surface area contributed by atoms with Gasteiger partial charge in [-0.05, 0) is 43.5 Å². The monoisotopic (exact) mass is 349 g/mol. The van der Waals surface area contributed by atoms with Crippen LogP contribution >= 0.6 is 0 Å². The van der Waals surface area contributed by atoms with Crippen LogP contribution in [0.3, 0.4) is 0 Å². The molecule has 0 saturated carbocycles. The maximum atomic E-state index is 12.9. The van der Waals surface area contributed by atoms with Crippen LogP contribution in [0.2, 0.25) is 0 Å². The molecule has 25 heavy (non-hydrogen) atoms. The summed E-state index contributed by atoms with van der Waals surface area (Å²) in [5, 5.41) is 0. The molecule has 134 valence electrons. The first-order chi connectivity index (χ1) is 11.8. The number of aryl methyl sites for hydroxylation is 1. The normalized spacial score (nSPS) is 12.7. The smallest absolute Gasteiger partial charge is 0.336 e. The van der Waals surface area contributed by atoms with Crippen molar-refractivity contribution in [1.82, 2.24) is 4.90 Å². The van der Waals surface area contributed by atoms with Gasteiger partial charge in [0.15, 0.2) is 0 Å². The van der Waals surface area contributed by atoms with Crippen molar-refractivity contribution in [2.45, 2.75) is 38.9 Å². The van der Waals surface area contributed by atoms with Crippen LogP contribution in [-0.4, -0.2) is 17.4 Å². The summed E-state index contributed by atoms with van der Waals surface area (Å²) >= 11 is 0. The molecule has 0 N–H and O–H groups in total. The summed E-state index contributed by atoms with van der Waals surface area (Å²) in [5.74, 6) is -0.0590. The van der Waals surface area contributed by atoms with Crippen molar-refractivity contribution in [2.24, 2.45) is 0 Å². The Bertz CT molecular complexity index is 698. The molecule has 5 heteroatoms. The lowest BCUT2D eigenvalue weighted by molar-refractivity contribution is -0.137. The first kappa shape index (κ1) is 19.0. The summed E-state index contributed by atoms with van der Waals surface area (Å²) in [5.41, 5.74) is 0.869. The van der Waals surface area contributed by atoms with Gasteiger partial charge < -0.3 is 4.90 Å². The van der Waals surface area contributed by atoms with Crippen LogP contribution in [0.1, 0.15) is 43.0 Å². The minimum absolute atomic E-state index is 0.0590. The third-order valence-electron chi connectivity index (χ3n) is 4.30. The highest BCUT2D eigenvalue weighted by atomic mass is 19.4. The fraction of sp³-hybridized carbons (Fsp3) is 0.350. The van der Waals surface area contributed by atoms with Crippen molar-refractivity contribution < 1.29 is 18.0 Å². The third kappa shape index (κ3) is 5.08. The topological polar surface area (TPSA) is 20.3 Å². The molecule has 0 spiro atoms. The van der Waals surface area contributed by atoms with E-state index in [1.165, 1.54) is 6.07 Å². The lowest BCUT2D eigenvalue weighted by atomic mass is 10.0. The van der Waals surface area contributed by atoms with Crippen LogP contribution in [0.25, 0.3) is 0 Å². The molecule has 0 radical (unpaired) electrons. The molecule has 2 aromatic carbocycles. The zero-order valence-corrected chi connectivity index (χ0v) is 14.4. The minimum atomic E-state index is -4.38. The molecular weight excluding hydrogens is 327 g/mol. The molecule has 1 atom stereocenters. The Morgan fingerprint density at radius 1 is 1.08 bits per heavy atom. The number of carbonyl (C=O) groups is 1. The number of alkyl halides is 3. The molecule has 2 nitrogen and oxygen atoms in total. The van der Waals surface area contributed by atoms with Gasteiger partial charge in [-0.1, -0.05) is 42.5 Å². The molecule has 0 aliphatic heterocycles. The fourth-order valence-electron chi connectivity index (χ4n) is 2.86. The van der Waals surface area contributed by atoms with Crippen LogP contribution in [0, 0.1) is 0 Å². The Kier molecular flexibility index (Phi) is 6.23. The van der Waals surface area contributed by atoms with Crippen molar-refractivity contribution in [1.29, 1.82) is 0 Å². The average Bonchev–Trinajstić information content (AvgIpc) is 2.60. The van der Waals surface area contributed by atoms with E-state index >= 15 is 0 Å². The Labute approximate surface area is 146 Å². The van der Waals surface area contributed by atoms with E-state index in [9.17, 15) is 18.0 Å². The molecule has 0 saturated heterocycles. The first-order valence-electron chi connectivity index (χ1n) is 8.33. The van der Waals surface area contributed by atoms with Gasteiger partial charge in [-0.3, -0.25) is 4.79 Å². The Hall–Kier alpha value is -2.30.